The fraction of sp³-hybridized carbons (Fsp3) is 1.00. The molecule has 0 radical (unpaired) electrons. The van der Waals surface area contributed by atoms with E-state index in [4.69, 9.17) is 4.55 Å². The van der Waals surface area contributed by atoms with Gasteiger partial charge in [0.2, 0.25) is 0 Å². The van der Waals surface area contributed by atoms with Crippen LogP contribution in [-0.2, 0) is 15.6 Å². The van der Waals surface area contributed by atoms with E-state index in [0.717, 1.165) is 12.8 Å². The molecule has 0 aromatic rings. The summed E-state index contributed by atoms with van der Waals surface area (Å²) in [6.45, 7) is 2.64. The lowest BCUT2D eigenvalue weighted by Crippen LogP contribution is -2.16. The minimum Gasteiger partial charge on any atom is -0.283 e. The monoisotopic (exact) mass is 153 g/mol. The van der Waals surface area contributed by atoms with Crippen molar-refractivity contribution in [3.05, 3.63) is 0 Å². The molecule has 0 rings (SSSR count). The summed E-state index contributed by atoms with van der Waals surface area (Å²) in [6, 6.07) is 0. The predicted octanol–water partition coefficient (Wildman–Crippen LogP) is 0.444. The molecule has 1 unspecified atom stereocenters. The summed E-state index contributed by atoms with van der Waals surface area (Å²) in [5, 5.41) is 0. The van der Waals surface area contributed by atoms with Crippen LogP contribution in [0.5, 0.6) is 0 Å². The first-order valence-electron chi connectivity index (χ1n) is 2.78. The molecule has 0 aliphatic heterocycles. The zero-order valence-corrected chi connectivity index (χ0v) is 6.11. The summed E-state index contributed by atoms with van der Waals surface area (Å²) in [7, 11) is 0. The molecule has 5 heteroatoms. The van der Waals surface area contributed by atoms with Crippen molar-refractivity contribution in [2.75, 3.05) is 6.54 Å². The molecule has 0 saturated heterocycles. The molecule has 0 saturated carbocycles. The van der Waals surface area contributed by atoms with E-state index in [1.807, 2.05) is 6.92 Å². The second-order valence-corrected chi connectivity index (χ2v) is 2.15. The van der Waals surface area contributed by atoms with E-state index in [1.54, 1.807) is 0 Å². The minimum atomic E-state index is -2.18. The van der Waals surface area contributed by atoms with E-state index < -0.39 is 11.4 Å². The Morgan fingerprint density at radius 3 is 2.89 bits per heavy atom. The van der Waals surface area contributed by atoms with Gasteiger partial charge in [-0.2, -0.15) is 14.0 Å². The third-order valence-electron chi connectivity index (χ3n) is 0.763. The van der Waals surface area contributed by atoms with Crippen LogP contribution in [0.2, 0.25) is 0 Å². The van der Waals surface area contributed by atoms with Crippen molar-refractivity contribution in [1.82, 2.24) is 5.48 Å². The van der Waals surface area contributed by atoms with Crippen LogP contribution in [-0.4, -0.2) is 15.3 Å². The number of hydroxylamine groups is 1. The van der Waals surface area contributed by atoms with Crippen molar-refractivity contribution in [1.29, 1.82) is 0 Å². The van der Waals surface area contributed by atoms with Gasteiger partial charge in [-0.25, -0.2) is 0 Å². The third-order valence-corrected chi connectivity index (χ3v) is 1.02. The summed E-state index contributed by atoms with van der Waals surface area (Å²) in [6.07, 6.45) is 1.98. The molecular weight excluding hydrogens is 142 g/mol. The van der Waals surface area contributed by atoms with E-state index in [2.05, 4.69) is 9.76 Å². The van der Waals surface area contributed by atoms with Crippen LogP contribution >= 0.6 is 0 Å². The van der Waals surface area contributed by atoms with Gasteiger partial charge in [-0.15, -0.1) is 0 Å². The average Bonchev–Trinajstić information content (AvgIpc) is 1.80. The Labute approximate surface area is 57.0 Å². The maximum Gasteiger partial charge on any atom is 0.319 e. The van der Waals surface area contributed by atoms with Gasteiger partial charge in [-0.1, -0.05) is 13.3 Å². The van der Waals surface area contributed by atoms with Gasteiger partial charge in [0.1, 0.15) is 0 Å². The standard InChI is InChI=1S/C4H11NO3S/c1-2-3-4-5-8-9(6)7/h5H,2-4H2,1H3,(H,6,7). The van der Waals surface area contributed by atoms with Gasteiger partial charge in [0, 0.05) is 6.54 Å². The van der Waals surface area contributed by atoms with Crippen molar-refractivity contribution in [3.63, 3.8) is 0 Å². The molecule has 0 spiro atoms. The smallest absolute Gasteiger partial charge is 0.283 e. The lowest BCUT2D eigenvalue weighted by Gasteiger charge is -1.97. The molecular formula is C4H11NO3S. The number of hydrogen-bond acceptors (Lipinski definition) is 3. The fourth-order valence-electron chi connectivity index (χ4n) is 0.341. The van der Waals surface area contributed by atoms with E-state index in [9.17, 15) is 4.21 Å². The highest BCUT2D eigenvalue weighted by Gasteiger charge is 1.89. The normalized spacial score (nSPS) is 13.6. The molecule has 0 amide bonds. The SMILES string of the molecule is CCCCNOS(=O)O. The average molecular weight is 153 g/mol. The molecule has 0 bridgehead atoms. The Morgan fingerprint density at radius 1 is 1.78 bits per heavy atom. The van der Waals surface area contributed by atoms with Crippen molar-refractivity contribution in [2.24, 2.45) is 0 Å². The molecule has 56 valence electrons. The predicted molar refractivity (Wildman–Crippen MR) is 34.8 cm³/mol. The van der Waals surface area contributed by atoms with Crippen molar-refractivity contribution in [3.8, 4) is 0 Å². The molecule has 0 fully saturated rings. The molecule has 0 aliphatic carbocycles. The van der Waals surface area contributed by atoms with Gasteiger partial charge in [-0.3, -0.25) is 4.55 Å². The van der Waals surface area contributed by atoms with E-state index in [-0.39, 0.29) is 0 Å². The molecule has 4 nitrogen and oxygen atoms in total. The van der Waals surface area contributed by atoms with Gasteiger partial charge in [0.05, 0.1) is 0 Å². The number of hydrogen-bond donors (Lipinski definition) is 2. The quantitative estimate of drug-likeness (QED) is 0.342. The van der Waals surface area contributed by atoms with Gasteiger partial charge in [0.15, 0.2) is 0 Å². The van der Waals surface area contributed by atoms with E-state index in [0.29, 0.717) is 6.54 Å². The lowest BCUT2D eigenvalue weighted by molar-refractivity contribution is 0.196. The van der Waals surface area contributed by atoms with Crippen LogP contribution in [0.25, 0.3) is 0 Å². The molecule has 0 aliphatic rings. The summed E-state index contributed by atoms with van der Waals surface area (Å²) in [5.41, 5.74) is 2.34. The third kappa shape index (κ3) is 8.03. The molecule has 0 aromatic carbocycles. The Bertz CT molecular complexity index is 87.9. The Morgan fingerprint density at radius 2 is 2.44 bits per heavy atom. The molecule has 1 atom stereocenters. The fourth-order valence-corrected chi connectivity index (χ4v) is 0.525. The number of unbranched alkanes of at least 4 members (excludes halogenated alkanes) is 1. The highest BCUT2D eigenvalue weighted by Crippen LogP contribution is 1.82. The van der Waals surface area contributed by atoms with Crippen LogP contribution in [0.15, 0.2) is 0 Å². The maximum absolute atomic E-state index is 9.79. The van der Waals surface area contributed by atoms with Crippen molar-refractivity contribution < 1.29 is 13.0 Å². The highest BCUT2D eigenvalue weighted by molar-refractivity contribution is 7.74. The zero-order valence-electron chi connectivity index (χ0n) is 5.29. The second kappa shape index (κ2) is 6.15. The Kier molecular flexibility index (Phi) is 6.18. The largest absolute Gasteiger partial charge is 0.319 e. The van der Waals surface area contributed by atoms with Crippen molar-refractivity contribution in [2.45, 2.75) is 19.8 Å². The topological polar surface area (TPSA) is 58.6 Å². The summed E-state index contributed by atoms with van der Waals surface area (Å²) in [4.78, 5) is 0. The van der Waals surface area contributed by atoms with E-state index >= 15 is 0 Å². The molecule has 0 aromatic heterocycles. The summed E-state index contributed by atoms with van der Waals surface area (Å²) < 4.78 is 21.9. The summed E-state index contributed by atoms with van der Waals surface area (Å²) >= 11 is -2.18. The lowest BCUT2D eigenvalue weighted by atomic mass is 10.3. The van der Waals surface area contributed by atoms with Gasteiger partial charge in [0.25, 0.3) is 0 Å². The van der Waals surface area contributed by atoms with Gasteiger partial charge < -0.3 is 0 Å². The minimum absolute atomic E-state index is 0.614. The molecule has 9 heavy (non-hydrogen) atoms. The Balaban J connectivity index is 2.83. The first-order chi connectivity index (χ1) is 4.27. The second-order valence-electron chi connectivity index (χ2n) is 1.55. The van der Waals surface area contributed by atoms with Gasteiger partial charge >= 0.3 is 11.4 Å². The van der Waals surface area contributed by atoms with Crippen LogP contribution in [0.1, 0.15) is 19.8 Å². The van der Waals surface area contributed by atoms with Crippen LogP contribution < -0.4 is 5.48 Å². The van der Waals surface area contributed by atoms with E-state index in [1.165, 1.54) is 0 Å². The van der Waals surface area contributed by atoms with Gasteiger partial charge in [-0.05, 0) is 6.42 Å². The maximum atomic E-state index is 9.79. The number of rotatable bonds is 5. The summed E-state index contributed by atoms with van der Waals surface area (Å²) in [5.74, 6) is 0. The van der Waals surface area contributed by atoms with Crippen molar-refractivity contribution >= 4 is 11.4 Å². The van der Waals surface area contributed by atoms with Crippen LogP contribution in [0.4, 0.5) is 0 Å². The number of nitrogens with one attached hydrogen (secondary N) is 1. The first kappa shape index (κ1) is 9.03. The Hall–Kier alpha value is 0.0300. The van der Waals surface area contributed by atoms with Crippen LogP contribution in [0, 0.1) is 0 Å². The molecule has 2 N–H and O–H groups in total. The molecule has 0 heterocycles. The van der Waals surface area contributed by atoms with Crippen LogP contribution in [0.3, 0.4) is 0 Å². The zero-order chi connectivity index (χ0) is 7.11. The first-order valence-corrected chi connectivity index (χ1v) is 3.81. The highest BCUT2D eigenvalue weighted by atomic mass is 32.2.